The summed E-state index contributed by atoms with van der Waals surface area (Å²) < 4.78 is 5.99. The number of fused-ring (bicyclic) bond motifs is 2. The normalized spacial score (nSPS) is 28.1. The number of ether oxygens (including phenoxy) is 1. The molecule has 3 atom stereocenters. The monoisotopic (exact) mass is 289 g/mol. The molecular formula is C17H27N3O. The van der Waals surface area contributed by atoms with Crippen LogP contribution in [0.15, 0.2) is 6.07 Å². The van der Waals surface area contributed by atoms with E-state index >= 15 is 0 Å². The summed E-state index contributed by atoms with van der Waals surface area (Å²) in [6, 6.07) is 2.10. The van der Waals surface area contributed by atoms with E-state index in [1.165, 1.54) is 6.42 Å². The summed E-state index contributed by atoms with van der Waals surface area (Å²) in [4.78, 5) is 9.67. The molecule has 2 bridgehead atoms. The molecule has 0 aliphatic carbocycles. The Morgan fingerprint density at radius 2 is 2.10 bits per heavy atom. The maximum absolute atomic E-state index is 5.99. The molecule has 2 aliphatic rings. The maximum atomic E-state index is 5.99. The molecule has 116 valence electrons. The van der Waals surface area contributed by atoms with E-state index in [2.05, 4.69) is 39.1 Å². The summed E-state index contributed by atoms with van der Waals surface area (Å²) in [6.45, 7) is 9.75. The van der Waals surface area contributed by atoms with Crippen LogP contribution >= 0.6 is 0 Å². The van der Waals surface area contributed by atoms with Crippen molar-refractivity contribution in [2.75, 3.05) is 11.9 Å². The number of hydrogen-bond acceptors (Lipinski definition) is 4. The second-order valence-electron chi connectivity index (χ2n) is 7.39. The lowest BCUT2D eigenvalue weighted by Crippen LogP contribution is -2.22. The fourth-order valence-electron chi connectivity index (χ4n) is 3.27. The lowest BCUT2D eigenvalue weighted by molar-refractivity contribution is 0.0998. The van der Waals surface area contributed by atoms with Gasteiger partial charge < -0.3 is 10.1 Å². The van der Waals surface area contributed by atoms with Crippen LogP contribution < -0.4 is 5.32 Å². The van der Waals surface area contributed by atoms with Crippen molar-refractivity contribution >= 4 is 5.82 Å². The second-order valence-corrected chi connectivity index (χ2v) is 7.39. The third-order valence-corrected chi connectivity index (χ3v) is 4.51. The molecule has 3 unspecified atom stereocenters. The van der Waals surface area contributed by atoms with Crippen LogP contribution in [0.2, 0.25) is 0 Å². The van der Waals surface area contributed by atoms with E-state index in [-0.39, 0.29) is 5.41 Å². The summed E-state index contributed by atoms with van der Waals surface area (Å²) in [5, 5.41) is 3.42. The van der Waals surface area contributed by atoms with Crippen molar-refractivity contribution in [3.63, 3.8) is 0 Å². The average Bonchev–Trinajstić information content (AvgIpc) is 3.06. The van der Waals surface area contributed by atoms with Crippen molar-refractivity contribution in [2.45, 2.75) is 76.9 Å². The Labute approximate surface area is 127 Å². The van der Waals surface area contributed by atoms with Gasteiger partial charge in [-0.05, 0) is 25.7 Å². The van der Waals surface area contributed by atoms with E-state index in [0.717, 1.165) is 43.1 Å². The van der Waals surface area contributed by atoms with Crippen molar-refractivity contribution in [3.05, 3.63) is 17.6 Å². The Morgan fingerprint density at radius 3 is 2.67 bits per heavy atom. The molecule has 0 saturated carbocycles. The highest BCUT2D eigenvalue weighted by atomic mass is 16.5. The van der Waals surface area contributed by atoms with E-state index < -0.39 is 0 Å². The zero-order valence-electron chi connectivity index (χ0n) is 13.6. The first-order chi connectivity index (χ1) is 9.97. The highest BCUT2D eigenvalue weighted by Gasteiger charge is 2.43. The lowest BCUT2D eigenvalue weighted by atomic mass is 9.87. The third kappa shape index (κ3) is 3.05. The van der Waals surface area contributed by atoms with Gasteiger partial charge in [0.15, 0.2) is 0 Å². The summed E-state index contributed by atoms with van der Waals surface area (Å²) in [7, 11) is 0. The number of aromatic nitrogens is 2. The smallest absolute Gasteiger partial charge is 0.136 e. The number of rotatable bonds is 4. The van der Waals surface area contributed by atoms with Gasteiger partial charge in [0.05, 0.1) is 17.9 Å². The molecular weight excluding hydrogens is 262 g/mol. The van der Waals surface area contributed by atoms with Crippen LogP contribution in [-0.4, -0.2) is 28.7 Å². The number of nitrogens with one attached hydrogen (secondary N) is 1. The van der Waals surface area contributed by atoms with Crippen LogP contribution in [0, 0.1) is 0 Å². The quantitative estimate of drug-likeness (QED) is 0.919. The van der Waals surface area contributed by atoms with Gasteiger partial charge in [0, 0.05) is 23.9 Å². The molecule has 4 nitrogen and oxygen atoms in total. The molecule has 21 heavy (non-hydrogen) atoms. The minimum atomic E-state index is 0.0405. The van der Waals surface area contributed by atoms with Gasteiger partial charge >= 0.3 is 0 Å². The largest absolute Gasteiger partial charge is 0.374 e. The molecule has 0 amide bonds. The van der Waals surface area contributed by atoms with Crippen molar-refractivity contribution < 1.29 is 4.74 Å². The molecule has 1 aromatic heterocycles. The Balaban J connectivity index is 1.91. The molecule has 0 radical (unpaired) electrons. The molecule has 3 rings (SSSR count). The number of hydrogen-bond donors (Lipinski definition) is 1. The summed E-state index contributed by atoms with van der Waals surface area (Å²) in [6.07, 6.45) is 5.34. The van der Waals surface area contributed by atoms with E-state index in [1.807, 2.05) is 0 Å². The minimum absolute atomic E-state index is 0.0405. The first-order valence-corrected chi connectivity index (χ1v) is 8.26. The van der Waals surface area contributed by atoms with Gasteiger partial charge in [-0.3, -0.25) is 0 Å². The molecule has 4 heteroatoms. The number of nitrogens with zero attached hydrogens (tertiary/aromatic N) is 2. The van der Waals surface area contributed by atoms with Crippen LogP contribution in [0.25, 0.3) is 0 Å². The Hall–Kier alpha value is -1.16. The fraction of sp³-hybridized carbons (Fsp3) is 0.765. The molecule has 2 saturated heterocycles. The van der Waals surface area contributed by atoms with Crippen LogP contribution in [0.3, 0.4) is 0 Å². The molecule has 0 aromatic carbocycles. The van der Waals surface area contributed by atoms with Crippen molar-refractivity contribution in [2.24, 2.45) is 0 Å². The highest BCUT2D eigenvalue weighted by Crippen LogP contribution is 2.43. The van der Waals surface area contributed by atoms with Crippen molar-refractivity contribution in [3.8, 4) is 0 Å². The Morgan fingerprint density at radius 1 is 1.29 bits per heavy atom. The van der Waals surface area contributed by atoms with E-state index in [1.54, 1.807) is 0 Å². The zero-order chi connectivity index (χ0) is 15.0. The molecule has 1 aromatic rings. The van der Waals surface area contributed by atoms with Gasteiger partial charge in [0.25, 0.3) is 0 Å². The van der Waals surface area contributed by atoms with Gasteiger partial charge in [-0.2, -0.15) is 0 Å². The van der Waals surface area contributed by atoms with Crippen LogP contribution in [0.1, 0.15) is 70.8 Å². The third-order valence-electron chi connectivity index (χ3n) is 4.51. The van der Waals surface area contributed by atoms with E-state index in [4.69, 9.17) is 14.7 Å². The van der Waals surface area contributed by atoms with Crippen LogP contribution in [0.4, 0.5) is 5.82 Å². The average molecular weight is 289 g/mol. The van der Waals surface area contributed by atoms with Gasteiger partial charge in [-0.15, -0.1) is 0 Å². The first-order valence-electron chi connectivity index (χ1n) is 8.26. The van der Waals surface area contributed by atoms with Crippen LogP contribution in [-0.2, 0) is 10.2 Å². The standard InChI is InChI=1S/C17H27N3O/c1-5-8-18-15-10-14(17(2,3)4)19-16(20-15)12-9-11-6-7-13(12)21-11/h10-13H,5-9H2,1-4H3,(H,18,19,20). The predicted molar refractivity (Wildman–Crippen MR) is 84.8 cm³/mol. The van der Waals surface area contributed by atoms with Gasteiger partial charge in [0.2, 0.25) is 0 Å². The van der Waals surface area contributed by atoms with E-state index in [9.17, 15) is 0 Å². The highest BCUT2D eigenvalue weighted by molar-refractivity contribution is 5.38. The van der Waals surface area contributed by atoms with E-state index in [0.29, 0.717) is 18.1 Å². The van der Waals surface area contributed by atoms with Crippen LogP contribution in [0.5, 0.6) is 0 Å². The van der Waals surface area contributed by atoms with Gasteiger partial charge in [-0.25, -0.2) is 9.97 Å². The first kappa shape index (κ1) is 14.8. The maximum Gasteiger partial charge on any atom is 0.136 e. The van der Waals surface area contributed by atoms with Gasteiger partial charge in [0.1, 0.15) is 11.6 Å². The molecule has 3 heterocycles. The molecule has 2 aliphatic heterocycles. The van der Waals surface area contributed by atoms with Crippen molar-refractivity contribution in [1.82, 2.24) is 9.97 Å². The van der Waals surface area contributed by atoms with Gasteiger partial charge in [-0.1, -0.05) is 27.7 Å². The minimum Gasteiger partial charge on any atom is -0.374 e. The summed E-state index contributed by atoms with van der Waals surface area (Å²) in [5.74, 6) is 2.33. The predicted octanol–water partition coefficient (Wildman–Crippen LogP) is 3.63. The number of anilines is 1. The molecule has 0 spiro atoms. The lowest BCUT2D eigenvalue weighted by Gasteiger charge is -2.23. The summed E-state index contributed by atoms with van der Waals surface area (Å²) in [5.41, 5.74) is 1.16. The SMILES string of the molecule is CCCNc1cc(C(C)(C)C)nc(C2CC3CCC2O3)n1. The second kappa shape index (κ2) is 5.56. The zero-order valence-corrected chi connectivity index (χ0v) is 13.6. The fourth-order valence-corrected chi connectivity index (χ4v) is 3.27. The Kier molecular flexibility index (Phi) is 3.91. The molecule has 2 fully saturated rings. The van der Waals surface area contributed by atoms with Crippen molar-refractivity contribution in [1.29, 1.82) is 0 Å². The Bertz CT molecular complexity index is 509. The summed E-state index contributed by atoms with van der Waals surface area (Å²) >= 11 is 0. The molecule has 1 N–H and O–H groups in total. The topological polar surface area (TPSA) is 47.0 Å².